The number of rotatable bonds is 2. The molecular formula is C12H16F3N3OS. The van der Waals surface area contributed by atoms with Crippen LogP contribution in [-0.2, 0) is 0 Å². The second-order valence-corrected chi connectivity index (χ2v) is 6.06. The zero-order chi connectivity index (χ0) is 14.9. The summed E-state index contributed by atoms with van der Waals surface area (Å²) < 4.78 is 36.8. The number of carbonyl (C=O) groups is 1. The molecule has 0 unspecified atom stereocenters. The van der Waals surface area contributed by atoms with Crippen LogP contribution in [0.3, 0.4) is 0 Å². The molecule has 0 aliphatic carbocycles. The van der Waals surface area contributed by atoms with Gasteiger partial charge >= 0.3 is 6.18 Å². The van der Waals surface area contributed by atoms with Crippen molar-refractivity contribution in [3.05, 3.63) is 15.8 Å². The number of hydrogen-bond donors (Lipinski definition) is 1. The zero-order valence-electron chi connectivity index (χ0n) is 11.0. The molecular weight excluding hydrogens is 291 g/mol. The minimum Gasteiger partial charge on any atom is -0.398 e. The van der Waals surface area contributed by atoms with E-state index in [0.717, 1.165) is 4.88 Å². The fraction of sp³-hybridized carbons (Fsp3) is 0.583. The van der Waals surface area contributed by atoms with Crippen molar-refractivity contribution in [3.63, 3.8) is 0 Å². The monoisotopic (exact) mass is 307 g/mol. The maximum atomic E-state index is 12.3. The maximum Gasteiger partial charge on any atom is 0.401 e. The average molecular weight is 307 g/mol. The Morgan fingerprint density at radius 1 is 1.35 bits per heavy atom. The van der Waals surface area contributed by atoms with Crippen LogP contribution in [0.25, 0.3) is 0 Å². The molecule has 8 heteroatoms. The molecule has 2 N–H and O–H groups in total. The Labute approximate surface area is 119 Å². The molecule has 0 spiro atoms. The summed E-state index contributed by atoms with van der Waals surface area (Å²) in [6.45, 7) is 2.02. The molecule has 0 saturated carbocycles. The highest BCUT2D eigenvalue weighted by Gasteiger charge is 2.33. The highest BCUT2D eigenvalue weighted by atomic mass is 32.1. The van der Waals surface area contributed by atoms with Crippen molar-refractivity contribution in [2.24, 2.45) is 0 Å². The van der Waals surface area contributed by atoms with E-state index in [1.807, 2.05) is 6.92 Å². The standard InChI is InChI=1S/C12H16F3N3OS/c1-8-9(16)6-10(20-8)11(19)18-4-2-17(3-5-18)7-12(13,14)15/h6H,2-5,7,16H2,1H3. The number of nitrogens with zero attached hydrogens (tertiary/aromatic N) is 2. The SMILES string of the molecule is Cc1sc(C(=O)N2CCN(CC(F)(F)F)CC2)cc1N. The maximum absolute atomic E-state index is 12.3. The van der Waals surface area contributed by atoms with Gasteiger partial charge in [-0.15, -0.1) is 11.3 Å². The Kier molecular flexibility index (Phi) is 4.24. The van der Waals surface area contributed by atoms with Crippen molar-refractivity contribution in [1.82, 2.24) is 9.80 Å². The van der Waals surface area contributed by atoms with Crippen molar-refractivity contribution in [2.45, 2.75) is 13.1 Å². The third-order valence-corrected chi connectivity index (χ3v) is 4.28. The van der Waals surface area contributed by atoms with Gasteiger partial charge in [-0.25, -0.2) is 0 Å². The van der Waals surface area contributed by atoms with Crippen LogP contribution in [0.5, 0.6) is 0 Å². The minimum atomic E-state index is -4.19. The number of aryl methyl sites for hydroxylation is 1. The topological polar surface area (TPSA) is 49.6 Å². The quantitative estimate of drug-likeness (QED) is 0.908. The first kappa shape index (κ1) is 15.1. The van der Waals surface area contributed by atoms with E-state index in [2.05, 4.69) is 0 Å². The average Bonchev–Trinajstić information content (AvgIpc) is 2.68. The molecule has 1 aromatic heterocycles. The van der Waals surface area contributed by atoms with Gasteiger partial charge in [-0.3, -0.25) is 9.69 Å². The first-order valence-corrected chi connectivity index (χ1v) is 7.02. The van der Waals surface area contributed by atoms with Crippen LogP contribution in [0, 0.1) is 6.92 Å². The second-order valence-electron chi connectivity index (χ2n) is 4.81. The van der Waals surface area contributed by atoms with Crippen molar-refractivity contribution in [3.8, 4) is 0 Å². The Morgan fingerprint density at radius 2 is 1.95 bits per heavy atom. The molecule has 1 fully saturated rings. The van der Waals surface area contributed by atoms with Gasteiger partial charge in [-0.2, -0.15) is 13.2 Å². The number of halogens is 3. The molecule has 20 heavy (non-hydrogen) atoms. The van der Waals surface area contributed by atoms with Crippen LogP contribution < -0.4 is 5.73 Å². The van der Waals surface area contributed by atoms with Gasteiger partial charge in [0.05, 0.1) is 11.4 Å². The molecule has 0 aromatic carbocycles. The van der Waals surface area contributed by atoms with Crippen LogP contribution in [-0.4, -0.2) is 54.6 Å². The summed E-state index contributed by atoms with van der Waals surface area (Å²) in [6.07, 6.45) is -4.19. The van der Waals surface area contributed by atoms with Crippen LogP contribution in [0.1, 0.15) is 14.5 Å². The predicted molar refractivity (Wildman–Crippen MR) is 71.9 cm³/mol. The van der Waals surface area contributed by atoms with Crippen molar-refractivity contribution in [1.29, 1.82) is 0 Å². The fourth-order valence-electron chi connectivity index (χ4n) is 2.12. The van der Waals surface area contributed by atoms with Gasteiger partial charge in [0.15, 0.2) is 0 Å². The largest absolute Gasteiger partial charge is 0.401 e. The lowest BCUT2D eigenvalue weighted by atomic mass is 10.3. The zero-order valence-corrected chi connectivity index (χ0v) is 11.9. The third-order valence-electron chi connectivity index (χ3n) is 3.23. The molecule has 112 valence electrons. The van der Waals surface area contributed by atoms with E-state index in [-0.39, 0.29) is 19.0 Å². The fourth-order valence-corrected chi connectivity index (χ4v) is 3.03. The summed E-state index contributed by atoms with van der Waals surface area (Å²) in [7, 11) is 0. The smallest absolute Gasteiger partial charge is 0.398 e. The number of piperazine rings is 1. The Bertz CT molecular complexity index is 473. The molecule has 1 amide bonds. The predicted octanol–water partition coefficient (Wildman–Crippen LogP) is 1.96. The number of anilines is 1. The number of nitrogen functional groups attached to an aromatic ring is 1. The highest BCUT2D eigenvalue weighted by Crippen LogP contribution is 2.25. The second kappa shape index (κ2) is 5.61. The first-order valence-electron chi connectivity index (χ1n) is 6.20. The van der Waals surface area contributed by atoms with E-state index in [1.54, 1.807) is 11.0 Å². The van der Waals surface area contributed by atoms with E-state index >= 15 is 0 Å². The summed E-state index contributed by atoms with van der Waals surface area (Å²) in [5, 5.41) is 0. The molecule has 0 bridgehead atoms. The van der Waals surface area contributed by atoms with Crippen LogP contribution in [0.4, 0.5) is 18.9 Å². The number of alkyl halides is 3. The number of carbonyl (C=O) groups excluding carboxylic acids is 1. The molecule has 1 saturated heterocycles. The van der Waals surface area contributed by atoms with Crippen LogP contribution in [0.2, 0.25) is 0 Å². The van der Waals surface area contributed by atoms with Crippen molar-refractivity contribution >= 4 is 22.9 Å². The molecule has 1 aliphatic rings. The number of thiophene rings is 1. The summed E-state index contributed by atoms with van der Waals surface area (Å²) in [4.78, 5) is 16.5. The van der Waals surface area contributed by atoms with E-state index in [4.69, 9.17) is 5.73 Å². The molecule has 0 radical (unpaired) electrons. The van der Waals surface area contributed by atoms with Crippen LogP contribution in [0.15, 0.2) is 6.07 Å². The van der Waals surface area contributed by atoms with E-state index in [1.165, 1.54) is 16.2 Å². The molecule has 1 aliphatic heterocycles. The van der Waals surface area contributed by atoms with Gasteiger partial charge in [0.1, 0.15) is 0 Å². The van der Waals surface area contributed by atoms with Gasteiger partial charge in [-0.05, 0) is 13.0 Å². The number of amides is 1. The summed E-state index contributed by atoms with van der Waals surface area (Å²) in [5.41, 5.74) is 6.28. The van der Waals surface area contributed by atoms with Crippen molar-refractivity contribution in [2.75, 3.05) is 38.5 Å². The van der Waals surface area contributed by atoms with Crippen LogP contribution >= 0.6 is 11.3 Å². The van der Waals surface area contributed by atoms with Gasteiger partial charge in [0, 0.05) is 36.7 Å². The Morgan fingerprint density at radius 3 is 2.40 bits per heavy atom. The molecule has 4 nitrogen and oxygen atoms in total. The molecule has 0 atom stereocenters. The van der Waals surface area contributed by atoms with E-state index < -0.39 is 12.7 Å². The summed E-state index contributed by atoms with van der Waals surface area (Å²) in [5.74, 6) is -0.151. The number of nitrogens with two attached hydrogens (primary N) is 1. The third kappa shape index (κ3) is 3.63. The highest BCUT2D eigenvalue weighted by molar-refractivity contribution is 7.14. The van der Waals surface area contributed by atoms with E-state index in [0.29, 0.717) is 23.7 Å². The molecule has 2 rings (SSSR count). The Hall–Kier alpha value is -1.28. The normalized spacial score (nSPS) is 17.5. The van der Waals surface area contributed by atoms with Crippen molar-refractivity contribution < 1.29 is 18.0 Å². The molecule has 2 heterocycles. The van der Waals surface area contributed by atoms with E-state index in [9.17, 15) is 18.0 Å². The van der Waals surface area contributed by atoms with Gasteiger partial charge < -0.3 is 10.6 Å². The molecule has 1 aromatic rings. The summed E-state index contributed by atoms with van der Waals surface area (Å²) >= 11 is 1.32. The number of hydrogen-bond acceptors (Lipinski definition) is 4. The minimum absolute atomic E-state index is 0.151. The van der Waals surface area contributed by atoms with Gasteiger partial charge in [0.2, 0.25) is 0 Å². The lowest BCUT2D eigenvalue weighted by Gasteiger charge is -2.34. The van der Waals surface area contributed by atoms with Gasteiger partial charge in [-0.1, -0.05) is 0 Å². The summed E-state index contributed by atoms with van der Waals surface area (Å²) in [6, 6.07) is 1.63. The Balaban J connectivity index is 1.92. The van der Waals surface area contributed by atoms with Gasteiger partial charge in [0.25, 0.3) is 5.91 Å². The lowest BCUT2D eigenvalue weighted by Crippen LogP contribution is -2.50. The first-order chi connectivity index (χ1) is 9.26. The lowest BCUT2D eigenvalue weighted by molar-refractivity contribution is -0.148.